The van der Waals surface area contributed by atoms with Crippen molar-refractivity contribution in [1.82, 2.24) is 9.55 Å². The molecule has 0 saturated heterocycles. The van der Waals surface area contributed by atoms with Gasteiger partial charge in [0, 0.05) is 18.2 Å². The number of hydrogen-bond acceptors (Lipinski definition) is 3. The van der Waals surface area contributed by atoms with Crippen molar-refractivity contribution in [3.63, 3.8) is 0 Å². The highest BCUT2D eigenvalue weighted by Crippen LogP contribution is 2.42. The van der Waals surface area contributed by atoms with Gasteiger partial charge in [-0.25, -0.2) is 4.98 Å². The summed E-state index contributed by atoms with van der Waals surface area (Å²) in [5.74, 6) is 1.19. The topological polar surface area (TPSA) is 54.0 Å². The Morgan fingerprint density at radius 2 is 1.86 bits per heavy atom. The molecule has 146 valence electrons. The maximum atomic E-state index is 9.11. The number of aromatic nitrogens is 2. The first-order chi connectivity index (χ1) is 14.1. The van der Waals surface area contributed by atoms with Crippen molar-refractivity contribution < 1.29 is 0 Å². The van der Waals surface area contributed by atoms with E-state index in [1.165, 1.54) is 11.3 Å². The zero-order chi connectivity index (χ0) is 20.4. The highest BCUT2D eigenvalue weighted by molar-refractivity contribution is 6.02. The zero-order valence-electron chi connectivity index (χ0n) is 17.2. The molecule has 2 aromatic carbocycles. The molecule has 1 aliphatic carbocycles. The standard InChI is InChI=1S/C25H26N4/c1-17(2)15-27-23-13-22(20-7-5-4-6-8-20)18(3)25-24(23)28-16-29(25)21-11-9-19(14-26)10-12-21/h4-12,16-18,22H,13,15H2,1-3H3. The number of aliphatic imine (C=N–C) groups is 1. The van der Waals surface area contributed by atoms with Crippen molar-refractivity contribution in [2.75, 3.05) is 6.54 Å². The van der Waals surface area contributed by atoms with Crippen LogP contribution in [0, 0.1) is 17.2 Å². The Morgan fingerprint density at radius 3 is 2.52 bits per heavy atom. The molecule has 2 unspecified atom stereocenters. The molecule has 0 radical (unpaired) electrons. The van der Waals surface area contributed by atoms with Gasteiger partial charge >= 0.3 is 0 Å². The van der Waals surface area contributed by atoms with Gasteiger partial charge in [0.2, 0.25) is 0 Å². The smallest absolute Gasteiger partial charge is 0.106 e. The first-order valence-corrected chi connectivity index (χ1v) is 10.2. The largest absolute Gasteiger partial charge is 0.302 e. The lowest BCUT2D eigenvalue weighted by atomic mass is 9.76. The van der Waals surface area contributed by atoms with Gasteiger partial charge in [-0.05, 0) is 48.1 Å². The van der Waals surface area contributed by atoms with E-state index in [0.29, 0.717) is 23.3 Å². The number of nitrogens with zero attached hydrogens (tertiary/aromatic N) is 4. The molecular formula is C25H26N4. The predicted octanol–water partition coefficient (Wildman–Crippen LogP) is 5.48. The van der Waals surface area contributed by atoms with Gasteiger partial charge in [0.05, 0.1) is 23.0 Å². The fraction of sp³-hybridized carbons (Fsp3) is 0.320. The Bertz CT molecular complexity index is 1050. The van der Waals surface area contributed by atoms with Crippen LogP contribution in [0.1, 0.15) is 61.5 Å². The Labute approximate surface area is 172 Å². The summed E-state index contributed by atoms with van der Waals surface area (Å²) in [6, 6.07) is 20.6. The summed E-state index contributed by atoms with van der Waals surface area (Å²) >= 11 is 0. The predicted molar refractivity (Wildman–Crippen MR) is 117 cm³/mol. The second kappa shape index (κ2) is 8.05. The molecule has 1 heterocycles. The maximum absolute atomic E-state index is 9.11. The molecule has 0 fully saturated rings. The Hall–Kier alpha value is -3.19. The van der Waals surface area contributed by atoms with E-state index in [1.807, 2.05) is 30.6 Å². The van der Waals surface area contributed by atoms with Crippen LogP contribution in [0.25, 0.3) is 5.69 Å². The lowest BCUT2D eigenvalue weighted by Gasteiger charge is -2.31. The van der Waals surface area contributed by atoms with Gasteiger partial charge in [-0.1, -0.05) is 51.1 Å². The SMILES string of the molecule is CC(C)CN=C1CC(c2ccccc2)C(C)c2c1ncn2-c1ccc(C#N)cc1. The number of benzene rings is 2. The first-order valence-electron chi connectivity index (χ1n) is 10.2. The molecule has 4 nitrogen and oxygen atoms in total. The highest BCUT2D eigenvalue weighted by atomic mass is 15.1. The average Bonchev–Trinajstić information content (AvgIpc) is 3.20. The quantitative estimate of drug-likeness (QED) is 0.600. The number of rotatable bonds is 4. The second-order valence-corrected chi connectivity index (χ2v) is 8.20. The van der Waals surface area contributed by atoms with Crippen LogP contribution >= 0.6 is 0 Å². The number of nitriles is 1. The van der Waals surface area contributed by atoms with Gasteiger partial charge in [-0.2, -0.15) is 5.26 Å². The van der Waals surface area contributed by atoms with Crippen molar-refractivity contribution in [2.45, 2.75) is 39.0 Å². The normalized spacial score (nSPS) is 19.9. The molecular weight excluding hydrogens is 356 g/mol. The van der Waals surface area contributed by atoms with Gasteiger partial charge in [0.25, 0.3) is 0 Å². The number of fused-ring (bicyclic) bond motifs is 1. The lowest BCUT2D eigenvalue weighted by Crippen LogP contribution is -2.25. The van der Waals surface area contributed by atoms with E-state index in [2.05, 4.69) is 61.7 Å². The number of imidazole rings is 1. The van der Waals surface area contributed by atoms with Gasteiger partial charge < -0.3 is 4.57 Å². The Morgan fingerprint density at radius 1 is 1.14 bits per heavy atom. The molecule has 4 rings (SSSR count). The molecule has 1 aliphatic rings. The monoisotopic (exact) mass is 382 g/mol. The van der Waals surface area contributed by atoms with E-state index in [1.54, 1.807) is 0 Å². The minimum atomic E-state index is 0.309. The number of hydrogen-bond donors (Lipinski definition) is 0. The highest BCUT2D eigenvalue weighted by Gasteiger charge is 2.35. The first kappa shape index (κ1) is 19.1. The zero-order valence-corrected chi connectivity index (χ0v) is 17.2. The lowest BCUT2D eigenvalue weighted by molar-refractivity contribution is 0.554. The van der Waals surface area contributed by atoms with Gasteiger partial charge in [-0.15, -0.1) is 0 Å². The molecule has 4 heteroatoms. The summed E-state index contributed by atoms with van der Waals surface area (Å²) in [6.45, 7) is 7.49. The molecule has 0 bridgehead atoms. The van der Waals surface area contributed by atoms with Crippen molar-refractivity contribution in [1.29, 1.82) is 5.26 Å². The molecule has 2 atom stereocenters. The van der Waals surface area contributed by atoms with E-state index in [9.17, 15) is 0 Å². The van der Waals surface area contributed by atoms with Crippen molar-refractivity contribution in [3.05, 3.63) is 83.4 Å². The average molecular weight is 383 g/mol. The maximum Gasteiger partial charge on any atom is 0.106 e. The minimum absolute atomic E-state index is 0.309. The molecule has 0 amide bonds. The van der Waals surface area contributed by atoms with Crippen LogP contribution in [-0.2, 0) is 0 Å². The van der Waals surface area contributed by atoms with Crippen LogP contribution in [0.3, 0.4) is 0 Å². The molecule has 0 saturated carbocycles. The van der Waals surface area contributed by atoms with Gasteiger partial charge in [0.15, 0.2) is 0 Å². The molecule has 29 heavy (non-hydrogen) atoms. The Balaban J connectivity index is 1.82. The van der Waals surface area contributed by atoms with Crippen LogP contribution in [0.15, 0.2) is 65.9 Å². The third-order valence-electron chi connectivity index (χ3n) is 5.68. The molecule has 3 aromatic rings. The molecule has 0 spiro atoms. The van der Waals surface area contributed by atoms with E-state index in [4.69, 9.17) is 15.2 Å². The molecule has 0 N–H and O–H groups in total. The summed E-state index contributed by atoms with van der Waals surface area (Å²) in [4.78, 5) is 9.75. The van der Waals surface area contributed by atoms with Crippen LogP contribution in [0.5, 0.6) is 0 Å². The van der Waals surface area contributed by atoms with Crippen molar-refractivity contribution in [3.8, 4) is 11.8 Å². The van der Waals surface area contributed by atoms with Crippen molar-refractivity contribution in [2.24, 2.45) is 10.9 Å². The van der Waals surface area contributed by atoms with E-state index < -0.39 is 0 Å². The fourth-order valence-corrected chi connectivity index (χ4v) is 4.13. The summed E-state index contributed by atoms with van der Waals surface area (Å²) in [5, 5.41) is 9.11. The van der Waals surface area contributed by atoms with Crippen LogP contribution in [0.2, 0.25) is 0 Å². The van der Waals surface area contributed by atoms with Crippen LogP contribution in [-0.4, -0.2) is 21.8 Å². The molecule has 0 aliphatic heterocycles. The summed E-state index contributed by atoms with van der Waals surface area (Å²) in [6.07, 6.45) is 2.82. The second-order valence-electron chi connectivity index (χ2n) is 8.20. The van der Waals surface area contributed by atoms with Crippen LogP contribution < -0.4 is 0 Å². The van der Waals surface area contributed by atoms with E-state index in [0.717, 1.165) is 30.1 Å². The van der Waals surface area contributed by atoms with Crippen LogP contribution in [0.4, 0.5) is 0 Å². The summed E-state index contributed by atoms with van der Waals surface area (Å²) in [5.41, 5.74) is 6.37. The third kappa shape index (κ3) is 3.73. The van der Waals surface area contributed by atoms with E-state index in [-0.39, 0.29) is 0 Å². The fourth-order valence-electron chi connectivity index (χ4n) is 4.13. The van der Waals surface area contributed by atoms with E-state index >= 15 is 0 Å². The van der Waals surface area contributed by atoms with Crippen molar-refractivity contribution >= 4 is 5.71 Å². The minimum Gasteiger partial charge on any atom is -0.302 e. The van der Waals surface area contributed by atoms with Gasteiger partial charge in [-0.3, -0.25) is 4.99 Å². The summed E-state index contributed by atoms with van der Waals surface area (Å²) < 4.78 is 2.17. The Kier molecular flexibility index (Phi) is 5.31. The summed E-state index contributed by atoms with van der Waals surface area (Å²) in [7, 11) is 0. The third-order valence-corrected chi connectivity index (χ3v) is 5.68. The van der Waals surface area contributed by atoms with Gasteiger partial charge in [0.1, 0.15) is 12.0 Å². The molecule has 1 aromatic heterocycles.